The maximum absolute atomic E-state index is 10.7. The van der Waals surface area contributed by atoms with Crippen LogP contribution in [0.5, 0.6) is 0 Å². The van der Waals surface area contributed by atoms with E-state index in [2.05, 4.69) is 0 Å². The highest BCUT2D eigenvalue weighted by Gasteiger charge is 2.28. The molecule has 1 atom stereocenters. The molecule has 0 aromatic heterocycles. The van der Waals surface area contributed by atoms with Crippen LogP contribution in [0.2, 0.25) is 0 Å². The van der Waals surface area contributed by atoms with Crippen molar-refractivity contribution < 1.29 is 24.5 Å². The Kier molecular flexibility index (Phi) is 3.24. The molecule has 0 amide bonds. The second kappa shape index (κ2) is 4.23. The van der Waals surface area contributed by atoms with E-state index in [1.54, 1.807) is 6.92 Å². The molecule has 78 valence electrons. The number of ether oxygens (including phenoxy) is 1. The van der Waals surface area contributed by atoms with Crippen LogP contribution in [-0.2, 0) is 14.3 Å². The van der Waals surface area contributed by atoms with E-state index >= 15 is 0 Å². The fraction of sp³-hybridized carbons (Fsp3) is 0.556. The molecule has 0 saturated carbocycles. The summed E-state index contributed by atoms with van der Waals surface area (Å²) < 4.78 is 4.93. The minimum absolute atomic E-state index is 0.0126. The highest BCUT2D eigenvalue weighted by atomic mass is 16.6. The van der Waals surface area contributed by atoms with Gasteiger partial charge >= 0.3 is 11.9 Å². The summed E-state index contributed by atoms with van der Waals surface area (Å²) in [5.41, 5.74) is -0.0736. The lowest BCUT2D eigenvalue weighted by Gasteiger charge is -2.05. The zero-order valence-corrected chi connectivity index (χ0v) is 7.82. The topological polar surface area (TPSA) is 87.1 Å². The van der Waals surface area contributed by atoms with Gasteiger partial charge in [-0.2, -0.15) is 0 Å². The molecule has 1 saturated heterocycles. The lowest BCUT2D eigenvalue weighted by atomic mass is 10.0. The van der Waals surface area contributed by atoms with Crippen molar-refractivity contribution >= 4 is 11.9 Å². The molecule has 1 unspecified atom stereocenters. The minimum Gasteiger partial charge on any atom is -0.477 e. The molecule has 0 aliphatic carbocycles. The van der Waals surface area contributed by atoms with E-state index in [1.807, 2.05) is 0 Å². The average molecular weight is 200 g/mol. The molecule has 1 rings (SSSR count). The van der Waals surface area contributed by atoms with Crippen molar-refractivity contribution in [1.82, 2.24) is 0 Å². The van der Waals surface area contributed by atoms with Gasteiger partial charge in [-0.3, -0.25) is 0 Å². The van der Waals surface area contributed by atoms with Crippen LogP contribution in [0, 0.1) is 0 Å². The molecule has 0 bridgehead atoms. The van der Waals surface area contributed by atoms with Gasteiger partial charge in [0.15, 0.2) is 0 Å². The van der Waals surface area contributed by atoms with Gasteiger partial charge in [-0.05, 0) is 18.4 Å². The molecule has 0 aromatic carbocycles. The van der Waals surface area contributed by atoms with E-state index in [0.717, 1.165) is 0 Å². The normalized spacial score (nSPS) is 18.8. The van der Waals surface area contributed by atoms with Crippen LogP contribution in [0.1, 0.15) is 19.8 Å². The third kappa shape index (κ3) is 2.56. The van der Waals surface area contributed by atoms with Gasteiger partial charge in [0.25, 0.3) is 0 Å². The Morgan fingerprint density at radius 3 is 2.14 bits per heavy atom. The summed E-state index contributed by atoms with van der Waals surface area (Å²) in [5, 5.41) is 17.4. The van der Waals surface area contributed by atoms with Crippen molar-refractivity contribution in [2.45, 2.75) is 25.9 Å². The fourth-order valence-electron chi connectivity index (χ4n) is 1.28. The predicted octanol–water partition coefficient (Wildman–Crippen LogP) is 0.651. The Morgan fingerprint density at radius 2 is 1.86 bits per heavy atom. The van der Waals surface area contributed by atoms with Gasteiger partial charge in [-0.25, -0.2) is 9.59 Å². The van der Waals surface area contributed by atoms with E-state index < -0.39 is 17.5 Å². The Hall–Kier alpha value is -1.36. The summed E-state index contributed by atoms with van der Waals surface area (Å²) in [6.45, 7) is 2.33. The van der Waals surface area contributed by atoms with Gasteiger partial charge in [0.05, 0.1) is 12.7 Å². The molecule has 1 fully saturated rings. The van der Waals surface area contributed by atoms with Crippen LogP contribution in [-0.4, -0.2) is 34.9 Å². The summed E-state index contributed by atoms with van der Waals surface area (Å²) in [4.78, 5) is 21.3. The number of epoxide rings is 1. The van der Waals surface area contributed by atoms with Crippen LogP contribution in [0.3, 0.4) is 0 Å². The highest BCUT2D eigenvalue weighted by Crippen LogP contribution is 2.23. The van der Waals surface area contributed by atoms with E-state index in [9.17, 15) is 9.59 Å². The summed E-state index contributed by atoms with van der Waals surface area (Å²) in [7, 11) is 0. The van der Waals surface area contributed by atoms with Gasteiger partial charge in [0.2, 0.25) is 0 Å². The van der Waals surface area contributed by atoms with Crippen molar-refractivity contribution in [3.05, 3.63) is 11.1 Å². The number of carbonyl (C=O) groups is 2. The van der Waals surface area contributed by atoms with Crippen LogP contribution in [0.4, 0.5) is 0 Å². The molecule has 5 nitrogen and oxygen atoms in total. The third-order valence-electron chi connectivity index (χ3n) is 2.08. The quantitative estimate of drug-likeness (QED) is 0.294. The molecule has 2 N–H and O–H groups in total. The molecule has 1 aliphatic heterocycles. The van der Waals surface area contributed by atoms with E-state index in [0.29, 0.717) is 25.0 Å². The molecule has 0 aromatic rings. The maximum Gasteiger partial charge on any atom is 0.343 e. The first-order valence-electron chi connectivity index (χ1n) is 4.36. The largest absolute Gasteiger partial charge is 0.477 e. The Morgan fingerprint density at radius 1 is 1.36 bits per heavy atom. The molecular formula is C9H12O5. The van der Waals surface area contributed by atoms with Gasteiger partial charge in [-0.1, -0.05) is 6.92 Å². The molecule has 14 heavy (non-hydrogen) atoms. The number of hydrogen-bond acceptors (Lipinski definition) is 3. The Bertz CT molecular complexity index is 272. The first-order chi connectivity index (χ1) is 6.56. The van der Waals surface area contributed by atoms with E-state index in [-0.39, 0.29) is 6.10 Å². The van der Waals surface area contributed by atoms with Crippen LogP contribution in [0.25, 0.3) is 0 Å². The number of carboxylic acid groups (broad SMARTS) is 2. The first kappa shape index (κ1) is 10.7. The van der Waals surface area contributed by atoms with Crippen molar-refractivity contribution in [3.8, 4) is 0 Å². The van der Waals surface area contributed by atoms with Gasteiger partial charge < -0.3 is 14.9 Å². The number of carboxylic acids is 2. The molecule has 0 spiro atoms. The summed E-state index contributed by atoms with van der Waals surface area (Å²) in [5.74, 6) is -2.76. The zero-order valence-electron chi connectivity index (χ0n) is 7.82. The van der Waals surface area contributed by atoms with E-state index in [1.165, 1.54) is 0 Å². The average Bonchev–Trinajstić information content (AvgIpc) is 2.85. The predicted molar refractivity (Wildman–Crippen MR) is 46.9 cm³/mol. The Balaban J connectivity index is 2.88. The second-order valence-electron chi connectivity index (χ2n) is 3.10. The first-order valence-corrected chi connectivity index (χ1v) is 4.36. The minimum atomic E-state index is -1.38. The van der Waals surface area contributed by atoms with Crippen molar-refractivity contribution in [2.75, 3.05) is 6.61 Å². The zero-order chi connectivity index (χ0) is 10.7. The molecule has 1 heterocycles. The third-order valence-corrected chi connectivity index (χ3v) is 2.08. The SMILES string of the molecule is CCC(CC1CO1)=C(C(=O)O)C(=O)O. The van der Waals surface area contributed by atoms with Crippen LogP contribution in [0.15, 0.2) is 11.1 Å². The highest BCUT2D eigenvalue weighted by molar-refractivity contribution is 6.13. The number of hydrogen-bond donors (Lipinski definition) is 2. The Labute approximate surface area is 81.0 Å². The molecule has 1 aliphatic rings. The maximum atomic E-state index is 10.7. The lowest BCUT2D eigenvalue weighted by Crippen LogP contribution is -2.15. The van der Waals surface area contributed by atoms with E-state index in [4.69, 9.17) is 14.9 Å². The summed E-state index contributed by atoms with van der Waals surface area (Å²) in [6.07, 6.45) is 0.844. The summed E-state index contributed by atoms with van der Waals surface area (Å²) in [6, 6.07) is 0. The van der Waals surface area contributed by atoms with Gasteiger partial charge in [0.1, 0.15) is 5.57 Å². The summed E-state index contributed by atoms with van der Waals surface area (Å²) >= 11 is 0. The molecule has 0 radical (unpaired) electrons. The standard InChI is InChI=1S/C9H12O5/c1-2-5(3-6-4-14-6)7(8(10)11)9(12)13/h6H,2-4H2,1H3,(H,10,11)(H,12,13). The number of rotatable bonds is 5. The van der Waals surface area contributed by atoms with Gasteiger partial charge in [-0.15, -0.1) is 0 Å². The van der Waals surface area contributed by atoms with Crippen molar-refractivity contribution in [2.24, 2.45) is 0 Å². The monoisotopic (exact) mass is 200 g/mol. The fourth-order valence-corrected chi connectivity index (χ4v) is 1.28. The molecule has 5 heteroatoms. The van der Waals surface area contributed by atoms with Crippen molar-refractivity contribution in [3.63, 3.8) is 0 Å². The van der Waals surface area contributed by atoms with Gasteiger partial charge in [0, 0.05) is 0 Å². The molecular weight excluding hydrogens is 188 g/mol. The lowest BCUT2D eigenvalue weighted by molar-refractivity contribution is -0.140. The van der Waals surface area contributed by atoms with Crippen LogP contribution < -0.4 is 0 Å². The van der Waals surface area contributed by atoms with Crippen molar-refractivity contribution in [1.29, 1.82) is 0 Å². The second-order valence-corrected chi connectivity index (χ2v) is 3.10. The van der Waals surface area contributed by atoms with Crippen LogP contribution >= 0.6 is 0 Å². The number of aliphatic carboxylic acids is 2. The smallest absolute Gasteiger partial charge is 0.343 e.